The number of hydrazone groups is 1. The molecular formula is C25H21ClF3N3O4. The third kappa shape index (κ3) is 7.22. The zero-order chi connectivity index (χ0) is 26.3. The summed E-state index contributed by atoms with van der Waals surface area (Å²) >= 11 is 5.89. The fraction of sp³-hybridized carbons (Fsp3) is 0.160. The second kappa shape index (κ2) is 11.6. The first-order chi connectivity index (χ1) is 17.1. The largest absolute Gasteiger partial charge is 0.493 e. The fourth-order valence-electron chi connectivity index (χ4n) is 2.93. The number of nitrogens with zero attached hydrogens (tertiary/aromatic N) is 1. The molecule has 0 unspecified atom stereocenters. The SMILES string of the molecule is COc1cc(/C(C)=N/NC(=O)C(=O)Nc2ccc(C(F)(F)F)cc2)ccc1OCc1ccc(Cl)cc1. The Balaban J connectivity index is 1.60. The summed E-state index contributed by atoms with van der Waals surface area (Å²) in [4.78, 5) is 24.1. The molecule has 3 aromatic carbocycles. The van der Waals surface area contributed by atoms with Crippen LogP contribution in [-0.4, -0.2) is 24.6 Å². The number of carbonyl (C=O) groups excluding carboxylic acids is 2. The van der Waals surface area contributed by atoms with Gasteiger partial charge in [-0.2, -0.15) is 18.3 Å². The molecule has 11 heteroatoms. The van der Waals surface area contributed by atoms with Crippen LogP contribution in [0, 0.1) is 0 Å². The van der Waals surface area contributed by atoms with Gasteiger partial charge in [0, 0.05) is 16.3 Å². The van der Waals surface area contributed by atoms with Crippen LogP contribution in [-0.2, 0) is 22.4 Å². The first-order valence-electron chi connectivity index (χ1n) is 10.5. The summed E-state index contributed by atoms with van der Waals surface area (Å²) < 4.78 is 49.1. The van der Waals surface area contributed by atoms with E-state index >= 15 is 0 Å². The Hall–Kier alpha value is -4.05. The number of amides is 2. The zero-order valence-electron chi connectivity index (χ0n) is 19.2. The fourth-order valence-corrected chi connectivity index (χ4v) is 3.06. The Labute approximate surface area is 209 Å². The average Bonchev–Trinajstić information content (AvgIpc) is 2.86. The molecule has 0 aromatic heterocycles. The molecule has 0 aliphatic heterocycles. The summed E-state index contributed by atoms with van der Waals surface area (Å²) in [6, 6.07) is 15.9. The van der Waals surface area contributed by atoms with Crippen LogP contribution >= 0.6 is 11.6 Å². The molecule has 2 N–H and O–H groups in total. The van der Waals surface area contributed by atoms with E-state index in [1.54, 1.807) is 37.3 Å². The standard InChI is InChI=1S/C25H21ClF3N3O4/c1-15(31-32-24(34)23(33)30-20-10-6-18(7-11-20)25(27,28)29)17-5-12-21(22(13-17)35-2)36-14-16-3-8-19(26)9-4-16/h3-13H,14H2,1-2H3,(H,30,33)(H,32,34)/b31-15+. The molecule has 0 atom stereocenters. The minimum absolute atomic E-state index is 0.0303. The summed E-state index contributed by atoms with van der Waals surface area (Å²) in [5, 5.41) is 6.74. The molecule has 0 saturated heterocycles. The van der Waals surface area contributed by atoms with Gasteiger partial charge in [-0.3, -0.25) is 9.59 Å². The molecule has 3 rings (SSSR count). The highest BCUT2D eigenvalue weighted by Crippen LogP contribution is 2.30. The highest BCUT2D eigenvalue weighted by molar-refractivity contribution is 6.39. The number of hydrogen-bond donors (Lipinski definition) is 2. The Morgan fingerprint density at radius 3 is 2.22 bits per heavy atom. The van der Waals surface area contributed by atoms with Crippen LogP contribution in [0.2, 0.25) is 5.02 Å². The molecule has 36 heavy (non-hydrogen) atoms. The van der Waals surface area contributed by atoms with Gasteiger partial charge in [-0.05, 0) is 67.1 Å². The lowest BCUT2D eigenvalue weighted by molar-refractivity contribution is -0.137. The van der Waals surface area contributed by atoms with Gasteiger partial charge in [-0.1, -0.05) is 23.7 Å². The van der Waals surface area contributed by atoms with Gasteiger partial charge in [0.05, 0.1) is 18.4 Å². The molecule has 0 fully saturated rings. The second-order valence-electron chi connectivity index (χ2n) is 7.45. The average molecular weight is 520 g/mol. The minimum atomic E-state index is -4.50. The zero-order valence-corrected chi connectivity index (χ0v) is 19.9. The van der Waals surface area contributed by atoms with E-state index in [2.05, 4.69) is 15.8 Å². The smallest absolute Gasteiger partial charge is 0.416 e. The maximum absolute atomic E-state index is 12.6. The van der Waals surface area contributed by atoms with Crippen molar-refractivity contribution in [2.75, 3.05) is 12.4 Å². The van der Waals surface area contributed by atoms with E-state index in [0.717, 1.165) is 29.8 Å². The van der Waals surface area contributed by atoms with E-state index in [9.17, 15) is 22.8 Å². The molecule has 3 aromatic rings. The number of hydrogen-bond acceptors (Lipinski definition) is 5. The molecular weight excluding hydrogens is 499 g/mol. The predicted molar refractivity (Wildman–Crippen MR) is 129 cm³/mol. The molecule has 0 aliphatic rings. The number of carbonyl (C=O) groups is 2. The third-order valence-corrected chi connectivity index (χ3v) is 5.14. The van der Waals surface area contributed by atoms with Crippen LogP contribution in [0.3, 0.4) is 0 Å². The number of rotatable bonds is 7. The molecule has 0 heterocycles. The molecule has 0 saturated carbocycles. The summed E-state index contributed by atoms with van der Waals surface area (Å²) in [5.74, 6) is -1.26. The van der Waals surface area contributed by atoms with Gasteiger partial charge in [0.25, 0.3) is 0 Å². The molecule has 2 amide bonds. The summed E-state index contributed by atoms with van der Waals surface area (Å²) in [6.45, 7) is 1.90. The van der Waals surface area contributed by atoms with E-state index in [1.165, 1.54) is 7.11 Å². The lowest BCUT2D eigenvalue weighted by Crippen LogP contribution is -2.33. The van der Waals surface area contributed by atoms with Crippen LogP contribution in [0.5, 0.6) is 11.5 Å². The van der Waals surface area contributed by atoms with Gasteiger partial charge in [0.2, 0.25) is 0 Å². The van der Waals surface area contributed by atoms with Crippen molar-refractivity contribution in [2.45, 2.75) is 19.7 Å². The number of methoxy groups -OCH3 is 1. The number of alkyl halides is 3. The van der Waals surface area contributed by atoms with E-state index in [1.807, 2.05) is 12.1 Å². The summed E-state index contributed by atoms with van der Waals surface area (Å²) in [6.07, 6.45) is -4.50. The van der Waals surface area contributed by atoms with Crippen molar-refractivity contribution in [2.24, 2.45) is 5.10 Å². The Bertz CT molecular complexity index is 1260. The van der Waals surface area contributed by atoms with Crippen LogP contribution in [0.15, 0.2) is 71.8 Å². The topological polar surface area (TPSA) is 89.0 Å². The first-order valence-corrected chi connectivity index (χ1v) is 10.8. The molecule has 188 valence electrons. The highest BCUT2D eigenvalue weighted by atomic mass is 35.5. The van der Waals surface area contributed by atoms with Gasteiger partial charge in [-0.15, -0.1) is 0 Å². The van der Waals surface area contributed by atoms with Crippen LogP contribution in [0.4, 0.5) is 18.9 Å². The van der Waals surface area contributed by atoms with Gasteiger partial charge in [-0.25, -0.2) is 5.43 Å². The van der Waals surface area contributed by atoms with Crippen molar-refractivity contribution in [1.82, 2.24) is 5.43 Å². The molecule has 0 bridgehead atoms. The van der Waals surface area contributed by atoms with Crippen LogP contribution < -0.4 is 20.2 Å². The van der Waals surface area contributed by atoms with Crippen LogP contribution in [0.25, 0.3) is 0 Å². The number of ether oxygens (including phenoxy) is 2. The van der Waals surface area contributed by atoms with Gasteiger partial charge < -0.3 is 14.8 Å². The second-order valence-corrected chi connectivity index (χ2v) is 7.88. The van der Waals surface area contributed by atoms with Gasteiger partial charge in [0.15, 0.2) is 11.5 Å². The van der Waals surface area contributed by atoms with E-state index in [4.69, 9.17) is 21.1 Å². The minimum Gasteiger partial charge on any atom is -0.493 e. The number of benzene rings is 3. The van der Waals surface area contributed by atoms with E-state index in [-0.39, 0.29) is 5.69 Å². The summed E-state index contributed by atoms with van der Waals surface area (Å²) in [7, 11) is 1.48. The van der Waals surface area contributed by atoms with Crippen molar-refractivity contribution >= 4 is 34.8 Å². The Kier molecular flexibility index (Phi) is 8.55. The molecule has 7 nitrogen and oxygen atoms in total. The number of nitrogens with one attached hydrogen (secondary N) is 2. The summed E-state index contributed by atoms with van der Waals surface area (Å²) in [5.41, 5.74) is 3.15. The molecule has 0 aliphatic carbocycles. The maximum atomic E-state index is 12.6. The van der Waals surface area contributed by atoms with Crippen molar-refractivity contribution in [1.29, 1.82) is 0 Å². The van der Waals surface area contributed by atoms with Crippen molar-refractivity contribution in [3.05, 3.63) is 88.4 Å². The monoisotopic (exact) mass is 519 g/mol. The van der Waals surface area contributed by atoms with Crippen molar-refractivity contribution < 1.29 is 32.2 Å². The molecule has 0 spiro atoms. The third-order valence-electron chi connectivity index (χ3n) is 4.89. The predicted octanol–water partition coefficient (Wildman–Crippen LogP) is 5.43. The lowest BCUT2D eigenvalue weighted by atomic mass is 10.1. The van der Waals surface area contributed by atoms with Gasteiger partial charge in [0.1, 0.15) is 6.61 Å². The lowest BCUT2D eigenvalue weighted by Gasteiger charge is -2.12. The Morgan fingerprint density at radius 1 is 0.944 bits per heavy atom. The highest BCUT2D eigenvalue weighted by Gasteiger charge is 2.30. The van der Waals surface area contributed by atoms with E-state index in [0.29, 0.717) is 34.4 Å². The number of halogens is 4. The maximum Gasteiger partial charge on any atom is 0.416 e. The van der Waals surface area contributed by atoms with Crippen LogP contribution in [0.1, 0.15) is 23.6 Å². The molecule has 0 radical (unpaired) electrons. The van der Waals surface area contributed by atoms with Gasteiger partial charge >= 0.3 is 18.0 Å². The quantitative estimate of drug-likeness (QED) is 0.248. The first kappa shape index (κ1) is 26.6. The van der Waals surface area contributed by atoms with Crippen molar-refractivity contribution in [3.8, 4) is 11.5 Å². The number of anilines is 1. The normalized spacial score (nSPS) is 11.6. The Morgan fingerprint density at radius 2 is 1.61 bits per heavy atom. The van der Waals surface area contributed by atoms with Crippen molar-refractivity contribution in [3.63, 3.8) is 0 Å². The van der Waals surface area contributed by atoms with E-state index < -0.39 is 23.6 Å².